The van der Waals surface area contributed by atoms with Crippen LogP contribution in [0.5, 0.6) is 0 Å². The molecule has 4 aliphatic rings. The van der Waals surface area contributed by atoms with Crippen LogP contribution in [-0.2, 0) is 10.2 Å². The molecule has 1 aromatic heterocycles. The number of pyridine rings is 1. The van der Waals surface area contributed by atoms with Crippen LogP contribution in [0.25, 0.3) is 5.69 Å². The summed E-state index contributed by atoms with van der Waals surface area (Å²) in [5.41, 5.74) is 4.45. The van der Waals surface area contributed by atoms with E-state index in [0.717, 1.165) is 38.0 Å². The molecule has 0 radical (unpaired) electrons. The van der Waals surface area contributed by atoms with Gasteiger partial charge >= 0.3 is 5.97 Å². The molecule has 2 saturated heterocycles. The quantitative estimate of drug-likeness (QED) is 0.755. The number of rotatable bonds is 3. The molecule has 5 nitrogen and oxygen atoms in total. The summed E-state index contributed by atoms with van der Waals surface area (Å²) in [4.78, 5) is 28.9. The molecule has 3 aliphatic heterocycles. The van der Waals surface area contributed by atoms with Crippen molar-refractivity contribution >= 4 is 5.97 Å². The minimum Gasteiger partial charge on any atom is -0.462 e. The Bertz CT molecular complexity index is 1100. The van der Waals surface area contributed by atoms with Crippen molar-refractivity contribution in [1.82, 2.24) is 9.47 Å². The van der Waals surface area contributed by atoms with E-state index in [0.29, 0.717) is 17.9 Å². The highest BCUT2D eigenvalue weighted by molar-refractivity contribution is 5.90. The Kier molecular flexibility index (Phi) is 3.50. The second-order valence-electron chi connectivity index (χ2n) is 8.98. The van der Waals surface area contributed by atoms with Crippen LogP contribution in [0, 0.1) is 5.92 Å². The second kappa shape index (κ2) is 5.82. The Hall–Kier alpha value is -2.40. The van der Waals surface area contributed by atoms with Crippen LogP contribution in [0.15, 0.2) is 35.1 Å². The third-order valence-corrected chi connectivity index (χ3v) is 8.02. The van der Waals surface area contributed by atoms with E-state index in [1.54, 1.807) is 6.92 Å². The standard InChI is InChI=1S/C24H26N2O3/c1-3-14-13-25-10-9-24-18-7-5-6-8-19(18)26-21(24)16(15(14)12-20(24)25)11-17(22(26)27)23(28)29-4-2/h5-8,11,14-15,20H,3-4,9-10,12-13H2,1-2H3/t14-,15+,20+,24-/m1/s1. The number of carbonyl (C=O) groups is 1. The number of ether oxygens (including phenoxy) is 1. The van der Waals surface area contributed by atoms with E-state index in [1.165, 1.54) is 16.8 Å². The number of aromatic nitrogens is 1. The van der Waals surface area contributed by atoms with Gasteiger partial charge in [0.1, 0.15) is 5.56 Å². The number of nitrogens with zero attached hydrogens (tertiary/aromatic N) is 2. The Morgan fingerprint density at radius 3 is 2.90 bits per heavy atom. The van der Waals surface area contributed by atoms with Crippen molar-refractivity contribution in [3.8, 4) is 5.69 Å². The van der Waals surface area contributed by atoms with Crippen LogP contribution < -0.4 is 5.56 Å². The zero-order chi connectivity index (χ0) is 19.9. The molecule has 2 fully saturated rings. The lowest BCUT2D eigenvalue weighted by Crippen LogP contribution is -2.54. The molecular weight excluding hydrogens is 364 g/mol. The van der Waals surface area contributed by atoms with Gasteiger partial charge in [-0.25, -0.2) is 4.79 Å². The van der Waals surface area contributed by atoms with Crippen molar-refractivity contribution in [3.05, 3.63) is 63.1 Å². The average Bonchev–Trinajstić information content (AvgIpc) is 3.28. The first-order chi connectivity index (χ1) is 14.1. The number of fused-ring (bicyclic) bond motifs is 4. The van der Waals surface area contributed by atoms with Gasteiger partial charge < -0.3 is 4.74 Å². The molecule has 0 unspecified atom stereocenters. The van der Waals surface area contributed by atoms with Crippen LogP contribution in [0.2, 0.25) is 0 Å². The van der Waals surface area contributed by atoms with Gasteiger partial charge in [0.25, 0.3) is 5.56 Å². The Labute approximate surface area is 170 Å². The molecule has 4 atom stereocenters. The Morgan fingerprint density at radius 2 is 2.10 bits per heavy atom. The van der Waals surface area contributed by atoms with Gasteiger partial charge in [-0.1, -0.05) is 31.5 Å². The van der Waals surface area contributed by atoms with E-state index in [9.17, 15) is 9.59 Å². The second-order valence-corrected chi connectivity index (χ2v) is 8.98. The van der Waals surface area contributed by atoms with E-state index in [-0.39, 0.29) is 23.1 Å². The summed E-state index contributed by atoms with van der Waals surface area (Å²) in [5, 5.41) is 0. The Morgan fingerprint density at radius 1 is 1.28 bits per heavy atom. The van der Waals surface area contributed by atoms with Crippen molar-refractivity contribution in [1.29, 1.82) is 0 Å². The summed E-state index contributed by atoms with van der Waals surface area (Å²) in [7, 11) is 0. The van der Waals surface area contributed by atoms with Crippen molar-refractivity contribution in [2.75, 3.05) is 19.7 Å². The molecule has 5 heteroatoms. The highest BCUT2D eigenvalue weighted by Crippen LogP contribution is 2.61. The van der Waals surface area contributed by atoms with E-state index < -0.39 is 5.97 Å². The molecular formula is C24H26N2O3. The lowest BCUT2D eigenvalue weighted by molar-refractivity contribution is 0.0522. The third-order valence-electron chi connectivity index (χ3n) is 8.02. The number of esters is 1. The van der Waals surface area contributed by atoms with Crippen molar-refractivity contribution in [2.45, 2.75) is 50.5 Å². The van der Waals surface area contributed by atoms with Gasteiger partial charge in [0.05, 0.1) is 17.7 Å². The van der Waals surface area contributed by atoms with Crippen molar-refractivity contribution < 1.29 is 9.53 Å². The highest BCUT2D eigenvalue weighted by atomic mass is 16.5. The number of hydrogen-bond donors (Lipinski definition) is 0. The monoisotopic (exact) mass is 390 g/mol. The number of carbonyl (C=O) groups excluding carboxylic acids is 1. The lowest BCUT2D eigenvalue weighted by atomic mass is 9.60. The fourth-order valence-corrected chi connectivity index (χ4v) is 6.90. The number of hydrogen-bond acceptors (Lipinski definition) is 4. The molecule has 0 amide bonds. The summed E-state index contributed by atoms with van der Waals surface area (Å²) in [6.07, 6.45) is 3.27. The van der Waals surface area contributed by atoms with E-state index >= 15 is 0 Å². The van der Waals surface area contributed by atoms with Gasteiger partial charge in [-0.05, 0) is 61.4 Å². The van der Waals surface area contributed by atoms with Crippen molar-refractivity contribution in [2.24, 2.45) is 5.92 Å². The molecule has 2 bridgehead atoms. The molecule has 29 heavy (non-hydrogen) atoms. The molecule has 1 aliphatic carbocycles. The molecule has 4 heterocycles. The van der Waals surface area contributed by atoms with Gasteiger partial charge in [-0.15, -0.1) is 0 Å². The maximum atomic E-state index is 13.6. The third kappa shape index (κ3) is 1.95. The van der Waals surface area contributed by atoms with Crippen LogP contribution in [0.3, 0.4) is 0 Å². The van der Waals surface area contributed by atoms with Crippen LogP contribution in [0.4, 0.5) is 0 Å². The van der Waals surface area contributed by atoms with Crippen LogP contribution in [-0.4, -0.2) is 41.2 Å². The summed E-state index contributed by atoms with van der Waals surface area (Å²) in [5.74, 6) is 0.460. The molecule has 1 aromatic carbocycles. The summed E-state index contributed by atoms with van der Waals surface area (Å²) < 4.78 is 7.13. The van der Waals surface area contributed by atoms with Crippen LogP contribution >= 0.6 is 0 Å². The van der Waals surface area contributed by atoms with Crippen LogP contribution in [0.1, 0.15) is 66.2 Å². The molecule has 0 saturated carbocycles. The zero-order valence-electron chi connectivity index (χ0n) is 17.0. The molecule has 2 aromatic rings. The van der Waals surface area contributed by atoms with Gasteiger partial charge in [-0.2, -0.15) is 0 Å². The topological polar surface area (TPSA) is 51.5 Å². The van der Waals surface area contributed by atoms with E-state index in [2.05, 4.69) is 24.0 Å². The lowest BCUT2D eigenvalue weighted by Gasteiger charge is -2.50. The highest BCUT2D eigenvalue weighted by Gasteiger charge is 2.62. The Balaban J connectivity index is 1.72. The predicted molar refractivity (Wildman–Crippen MR) is 110 cm³/mol. The maximum Gasteiger partial charge on any atom is 0.343 e. The first-order valence-electron chi connectivity index (χ1n) is 10.9. The fraction of sp³-hybridized carbons (Fsp3) is 0.500. The van der Waals surface area contributed by atoms with Gasteiger partial charge in [0.2, 0.25) is 0 Å². The zero-order valence-corrected chi connectivity index (χ0v) is 17.0. The minimum atomic E-state index is -0.499. The van der Waals surface area contributed by atoms with E-state index in [4.69, 9.17) is 4.74 Å². The summed E-state index contributed by atoms with van der Waals surface area (Å²) in [6.45, 7) is 6.51. The molecule has 1 spiro atoms. The SMILES string of the molecule is CCOC(=O)c1cc2c3n(c1=O)-c1ccccc1[C@@]31CCN3C[C@@H](CC)[C@@H]2C[C@H]31. The average molecular weight is 390 g/mol. The first-order valence-corrected chi connectivity index (χ1v) is 10.9. The number of benzene rings is 1. The summed E-state index contributed by atoms with van der Waals surface area (Å²) in [6, 6.07) is 10.7. The van der Waals surface area contributed by atoms with Crippen molar-refractivity contribution in [3.63, 3.8) is 0 Å². The summed E-state index contributed by atoms with van der Waals surface area (Å²) >= 11 is 0. The first kappa shape index (κ1) is 17.5. The molecule has 0 N–H and O–H groups in total. The number of para-hydroxylation sites is 1. The predicted octanol–water partition coefficient (Wildman–Crippen LogP) is 3.22. The fourth-order valence-electron chi connectivity index (χ4n) is 6.90. The number of piperidine rings is 1. The largest absolute Gasteiger partial charge is 0.462 e. The van der Waals surface area contributed by atoms with Gasteiger partial charge in [0.15, 0.2) is 0 Å². The molecule has 150 valence electrons. The molecule has 6 rings (SSSR count). The van der Waals surface area contributed by atoms with Gasteiger partial charge in [0, 0.05) is 18.3 Å². The smallest absolute Gasteiger partial charge is 0.343 e. The normalized spacial score (nSPS) is 30.8. The van der Waals surface area contributed by atoms with Gasteiger partial charge in [-0.3, -0.25) is 14.3 Å². The minimum absolute atomic E-state index is 0.118. The maximum absolute atomic E-state index is 13.6. The van der Waals surface area contributed by atoms with E-state index in [1.807, 2.05) is 22.8 Å².